The van der Waals surface area contributed by atoms with Crippen molar-refractivity contribution < 1.29 is 9.13 Å². The Balaban J connectivity index is 1.61. The summed E-state index contributed by atoms with van der Waals surface area (Å²) in [5.74, 6) is 2.02. The first-order chi connectivity index (χ1) is 15.1. The molecule has 1 aliphatic carbocycles. The summed E-state index contributed by atoms with van der Waals surface area (Å²) in [6.07, 6.45) is 14.1. The highest BCUT2D eigenvalue weighted by molar-refractivity contribution is 5.65. The molecule has 170 valence electrons. The van der Waals surface area contributed by atoms with Gasteiger partial charge < -0.3 is 4.74 Å². The molecule has 0 aromatic heterocycles. The molecule has 0 unspecified atom stereocenters. The minimum Gasteiger partial charge on any atom is -0.491 e. The van der Waals surface area contributed by atoms with Crippen molar-refractivity contribution in [2.45, 2.75) is 103 Å². The third-order valence-electron chi connectivity index (χ3n) is 6.93. The van der Waals surface area contributed by atoms with Crippen molar-refractivity contribution in [2.75, 3.05) is 0 Å². The van der Waals surface area contributed by atoms with Gasteiger partial charge in [0.25, 0.3) is 0 Å². The summed E-state index contributed by atoms with van der Waals surface area (Å²) in [5.41, 5.74) is 3.39. The molecule has 1 saturated carbocycles. The van der Waals surface area contributed by atoms with Gasteiger partial charge in [-0.05, 0) is 86.1 Å². The molecule has 0 saturated heterocycles. The highest BCUT2D eigenvalue weighted by atomic mass is 19.1. The van der Waals surface area contributed by atoms with Gasteiger partial charge in [0.2, 0.25) is 0 Å². The zero-order chi connectivity index (χ0) is 22.1. The van der Waals surface area contributed by atoms with E-state index in [0.29, 0.717) is 11.7 Å². The van der Waals surface area contributed by atoms with E-state index in [1.807, 2.05) is 6.07 Å². The van der Waals surface area contributed by atoms with Gasteiger partial charge in [0, 0.05) is 6.07 Å². The molecule has 2 heteroatoms. The molecule has 1 aliphatic rings. The van der Waals surface area contributed by atoms with Crippen LogP contribution >= 0.6 is 0 Å². The van der Waals surface area contributed by atoms with E-state index in [1.165, 1.54) is 75.8 Å². The summed E-state index contributed by atoms with van der Waals surface area (Å²) in [5, 5.41) is 0. The fraction of sp³-hybridized carbons (Fsp3) is 0.586. The van der Waals surface area contributed by atoms with Gasteiger partial charge in [0.1, 0.15) is 11.6 Å². The molecular formula is C29H41FO. The molecule has 1 nitrogen and oxygen atoms in total. The summed E-state index contributed by atoms with van der Waals surface area (Å²) >= 11 is 0. The molecule has 0 heterocycles. The Bertz CT molecular complexity index is 774. The van der Waals surface area contributed by atoms with Crippen molar-refractivity contribution in [3.05, 3.63) is 53.8 Å². The Kier molecular flexibility index (Phi) is 9.43. The van der Waals surface area contributed by atoms with E-state index in [1.54, 1.807) is 6.07 Å². The minimum atomic E-state index is -0.232. The Morgan fingerprint density at radius 3 is 2.29 bits per heavy atom. The first-order valence-corrected chi connectivity index (χ1v) is 12.7. The van der Waals surface area contributed by atoms with Gasteiger partial charge in [-0.1, -0.05) is 70.2 Å². The Morgan fingerprint density at radius 1 is 0.871 bits per heavy atom. The topological polar surface area (TPSA) is 9.23 Å². The van der Waals surface area contributed by atoms with Crippen LogP contribution in [0.3, 0.4) is 0 Å². The van der Waals surface area contributed by atoms with E-state index in [2.05, 4.69) is 45.0 Å². The molecule has 0 spiro atoms. The molecule has 31 heavy (non-hydrogen) atoms. The Hall–Kier alpha value is -1.83. The standard InChI is InChI=1S/C29H41FO/c1-4-6-7-8-10-22(3)31-29-20-27(19-28(30)21-29)26-17-15-25(16-18-26)24-13-11-23(9-5-2)12-14-24/h15-24H,4-14H2,1-3H3/t22-,23?,24?/m0/s1. The third kappa shape index (κ3) is 7.37. The second kappa shape index (κ2) is 12.3. The summed E-state index contributed by atoms with van der Waals surface area (Å²) in [6.45, 7) is 6.60. The lowest BCUT2D eigenvalue weighted by Gasteiger charge is -2.28. The van der Waals surface area contributed by atoms with Gasteiger partial charge in [-0.25, -0.2) is 4.39 Å². The molecule has 1 atom stereocenters. The summed E-state index contributed by atoms with van der Waals surface area (Å²) in [4.78, 5) is 0. The Labute approximate surface area is 189 Å². The van der Waals surface area contributed by atoms with Crippen molar-refractivity contribution in [3.8, 4) is 16.9 Å². The largest absolute Gasteiger partial charge is 0.491 e. The van der Waals surface area contributed by atoms with Gasteiger partial charge in [0.05, 0.1) is 6.10 Å². The maximum atomic E-state index is 14.3. The molecule has 0 radical (unpaired) electrons. The van der Waals surface area contributed by atoms with Crippen molar-refractivity contribution in [3.63, 3.8) is 0 Å². The van der Waals surface area contributed by atoms with Gasteiger partial charge >= 0.3 is 0 Å². The number of halogens is 1. The van der Waals surface area contributed by atoms with E-state index in [4.69, 9.17) is 4.74 Å². The smallest absolute Gasteiger partial charge is 0.127 e. The SMILES string of the molecule is CCCCCC[C@H](C)Oc1cc(F)cc(-c2ccc(C3CCC(CCC)CC3)cc2)c1. The van der Waals surface area contributed by atoms with E-state index in [9.17, 15) is 4.39 Å². The van der Waals surface area contributed by atoms with Crippen LogP contribution in [0.15, 0.2) is 42.5 Å². The number of rotatable bonds is 11. The molecule has 1 fully saturated rings. The molecule has 0 amide bonds. The van der Waals surface area contributed by atoms with Crippen LogP contribution in [0.25, 0.3) is 11.1 Å². The molecule has 2 aromatic rings. The quantitative estimate of drug-likeness (QED) is 0.326. The van der Waals surface area contributed by atoms with Crippen molar-refractivity contribution in [1.29, 1.82) is 0 Å². The fourth-order valence-corrected chi connectivity index (χ4v) is 5.09. The maximum absolute atomic E-state index is 14.3. The van der Waals surface area contributed by atoms with Crippen LogP contribution in [-0.2, 0) is 0 Å². The summed E-state index contributed by atoms with van der Waals surface area (Å²) < 4.78 is 20.4. The zero-order valence-electron chi connectivity index (χ0n) is 19.8. The Morgan fingerprint density at radius 2 is 1.61 bits per heavy atom. The molecule has 3 rings (SSSR count). The number of unbranched alkanes of at least 4 members (excludes halogenated alkanes) is 3. The number of hydrogen-bond acceptors (Lipinski definition) is 1. The highest BCUT2D eigenvalue weighted by Gasteiger charge is 2.21. The van der Waals surface area contributed by atoms with E-state index >= 15 is 0 Å². The lowest BCUT2D eigenvalue weighted by atomic mass is 9.77. The first-order valence-electron chi connectivity index (χ1n) is 12.7. The lowest BCUT2D eigenvalue weighted by Crippen LogP contribution is -2.13. The zero-order valence-corrected chi connectivity index (χ0v) is 19.8. The van der Waals surface area contributed by atoms with Crippen LogP contribution in [0.1, 0.15) is 103 Å². The van der Waals surface area contributed by atoms with E-state index < -0.39 is 0 Å². The van der Waals surface area contributed by atoms with Gasteiger partial charge in [-0.2, -0.15) is 0 Å². The van der Waals surface area contributed by atoms with Crippen LogP contribution < -0.4 is 4.74 Å². The van der Waals surface area contributed by atoms with E-state index in [-0.39, 0.29) is 11.9 Å². The second-order valence-electron chi connectivity index (χ2n) is 9.58. The fourth-order valence-electron chi connectivity index (χ4n) is 5.09. The number of hydrogen-bond donors (Lipinski definition) is 0. The molecule has 0 bridgehead atoms. The summed E-state index contributed by atoms with van der Waals surface area (Å²) in [6, 6.07) is 13.9. The average Bonchev–Trinajstić information content (AvgIpc) is 2.77. The van der Waals surface area contributed by atoms with Crippen LogP contribution in [0.4, 0.5) is 4.39 Å². The molecule has 0 aliphatic heterocycles. The van der Waals surface area contributed by atoms with Crippen LogP contribution in [0, 0.1) is 11.7 Å². The third-order valence-corrected chi connectivity index (χ3v) is 6.93. The predicted octanol–water partition coefficient (Wildman–Crippen LogP) is 9.30. The molecule has 2 aromatic carbocycles. The molecular weight excluding hydrogens is 383 g/mol. The number of ether oxygens (including phenoxy) is 1. The average molecular weight is 425 g/mol. The normalized spacial score (nSPS) is 19.9. The van der Waals surface area contributed by atoms with Gasteiger partial charge in [-0.15, -0.1) is 0 Å². The van der Waals surface area contributed by atoms with Gasteiger partial charge in [0.15, 0.2) is 0 Å². The first kappa shape index (κ1) is 23.8. The van der Waals surface area contributed by atoms with Crippen LogP contribution in [0.2, 0.25) is 0 Å². The van der Waals surface area contributed by atoms with Gasteiger partial charge in [-0.3, -0.25) is 0 Å². The molecule has 0 N–H and O–H groups in total. The van der Waals surface area contributed by atoms with Crippen molar-refractivity contribution >= 4 is 0 Å². The number of benzene rings is 2. The minimum absolute atomic E-state index is 0.108. The van der Waals surface area contributed by atoms with E-state index in [0.717, 1.165) is 23.5 Å². The maximum Gasteiger partial charge on any atom is 0.127 e. The lowest BCUT2D eigenvalue weighted by molar-refractivity contribution is 0.205. The van der Waals surface area contributed by atoms with Crippen LogP contribution in [-0.4, -0.2) is 6.10 Å². The second-order valence-corrected chi connectivity index (χ2v) is 9.58. The highest BCUT2D eigenvalue weighted by Crippen LogP contribution is 2.38. The predicted molar refractivity (Wildman–Crippen MR) is 130 cm³/mol. The monoisotopic (exact) mass is 424 g/mol. The van der Waals surface area contributed by atoms with Crippen molar-refractivity contribution in [2.24, 2.45) is 5.92 Å². The van der Waals surface area contributed by atoms with Crippen molar-refractivity contribution in [1.82, 2.24) is 0 Å². The summed E-state index contributed by atoms with van der Waals surface area (Å²) in [7, 11) is 0. The van der Waals surface area contributed by atoms with Crippen LogP contribution in [0.5, 0.6) is 5.75 Å².